The number of hydrogen-bond donors (Lipinski definition) is 2. The van der Waals surface area contributed by atoms with Crippen molar-refractivity contribution in [1.82, 2.24) is 5.32 Å². The molecule has 92 valence electrons. The fraction of sp³-hybridized carbons (Fsp3) is 0.909. The second-order valence-corrected chi connectivity index (χ2v) is 5.94. The van der Waals surface area contributed by atoms with Crippen molar-refractivity contribution < 1.29 is 9.84 Å². The summed E-state index contributed by atoms with van der Waals surface area (Å²) in [5, 5.41) is 14.2. The molecule has 0 aromatic rings. The molecule has 0 aliphatic carbocycles. The number of nitrogens with zero attached hydrogens (tertiary/aromatic N) is 1. The summed E-state index contributed by atoms with van der Waals surface area (Å²) in [7, 11) is 1.87. The standard InChI is InChI=1S/C11H20N2O2S/c1-5(2)9-8(14)6(3)7-10(15-9)16-11(12-4)13-7/h5-10,14H,1-4H3,(H,12,13)/t6-,7+,8-,9+,10+/m0/s1. The minimum Gasteiger partial charge on any atom is -0.390 e. The molecule has 0 aromatic heterocycles. The summed E-state index contributed by atoms with van der Waals surface area (Å²) in [6, 6.07) is 0.0810. The van der Waals surface area contributed by atoms with E-state index in [-0.39, 0.29) is 23.5 Å². The smallest absolute Gasteiger partial charge is 0.159 e. The zero-order valence-electron chi connectivity index (χ0n) is 10.2. The number of aliphatic imine (C=N–C) groups is 1. The van der Waals surface area contributed by atoms with Gasteiger partial charge in [-0.1, -0.05) is 32.5 Å². The summed E-state index contributed by atoms with van der Waals surface area (Å²) in [5.74, 6) is 0.488. The van der Waals surface area contributed by atoms with E-state index >= 15 is 0 Å². The van der Waals surface area contributed by atoms with Crippen LogP contribution in [0.1, 0.15) is 20.8 Å². The van der Waals surface area contributed by atoms with Crippen LogP contribution in [0.15, 0.2) is 4.99 Å². The predicted octanol–water partition coefficient (Wildman–Crippen LogP) is 1.06. The fourth-order valence-electron chi connectivity index (χ4n) is 2.29. The SMILES string of the molecule is CNC1=N[C@@H]2[C@H](C)[C@H](O)[C@@H](C(C)C)O[C@@H]2S1. The molecule has 0 amide bonds. The van der Waals surface area contributed by atoms with Crippen molar-refractivity contribution in [2.75, 3.05) is 7.05 Å². The van der Waals surface area contributed by atoms with Crippen LogP contribution in [0.3, 0.4) is 0 Å². The molecule has 0 unspecified atom stereocenters. The lowest BCUT2D eigenvalue weighted by molar-refractivity contribution is -0.137. The van der Waals surface area contributed by atoms with Gasteiger partial charge in [0, 0.05) is 13.0 Å². The van der Waals surface area contributed by atoms with Gasteiger partial charge in [-0.25, -0.2) is 0 Å². The maximum atomic E-state index is 10.2. The monoisotopic (exact) mass is 244 g/mol. The van der Waals surface area contributed by atoms with E-state index in [9.17, 15) is 5.11 Å². The maximum absolute atomic E-state index is 10.2. The molecule has 5 heteroatoms. The molecule has 0 aromatic carbocycles. The summed E-state index contributed by atoms with van der Waals surface area (Å²) in [4.78, 5) is 4.54. The van der Waals surface area contributed by atoms with Crippen molar-refractivity contribution in [3.8, 4) is 0 Å². The number of amidine groups is 1. The van der Waals surface area contributed by atoms with Crippen molar-refractivity contribution in [2.24, 2.45) is 16.8 Å². The van der Waals surface area contributed by atoms with Gasteiger partial charge in [-0.3, -0.25) is 4.99 Å². The number of ether oxygens (including phenoxy) is 1. The molecular formula is C11H20N2O2S. The average Bonchev–Trinajstić information content (AvgIpc) is 2.66. The van der Waals surface area contributed by atoms with Crippen LogP contribution in [0.5, 0.6) is 0 Å². The van der Waals surface area contributed by atoms with E-state index in [4.69, 9.17) is 4.74 Å². The molecule has 5 atom stereocenters. The van der Waals surface area contributed by atoms with Crippen molar-refractivity contribution in [2.45, 2.75) is 44.5 Å². The van der Waals surface area contributed by atoms with Gasteiger partial charge in [0.15, 0.2) is 5.17 Å². The molecule has 2 rings (SSSR count). The van der Waals surface area contributed by atoms with E-state index in [1.807, 2.05) is 7.05 Å². The fourth-order valence-corrected chi connectivity index (χ4v) is 3.44. The Labute approximate surface area is 101 Å². The van der Waals surface area contributed by atoms with E-state index in [2.05, 4.69) is 31.1 Å². The topological polar surface area (TPSA) is 53.9 Å². The van der Waals surface area contributed by atoms with Crippen LogP contribution in [-0.4, -0.2) is 41.0 Å². The number of thioether (sulfide) groups is 1. The Morgan fingerprint density at radius 3 is 2.75 bits per heavy atom. The highest BCUT2D eigenvalue weighted by Crippen LogP contribution is 2.40. The molecule has 1 fully saturated rings. The van der Waals surface area contributed by atoms with Crippen molar-refractivity contribution in [1.29, 1.82) is 0 Å². The molecule has 4 nitrogen and oxygen atoms in total. The van der Waals surface area contributed by atoms with Gasteiger partial charge in [0.25, 0.3) is 0 Å². The van der Waals surface area contributed by atoms with Gasteiger partial charge in [-0.05, 0) is 5.92 Å². The highest BCUT2D eigenvalue weighted by molar-refractivity contribution is 8.14. The van der Waals surface area contributed by atoms with Gasteiger partial charge in [-0.2, -0.15) is 0 Å². The summed E-state index contributed by atoms with van der Waals surface area (Å²) >= 11 is 1.63. The molecule has 2 aliphatic heterocycles. The first-order valence-electron chi connectivity index (χ1n) is 5.80. The van der Waals surface area contributed by atoms with E-state index in [0.29, 0.717) is 5.92 Å². The number of hydrogen-bond acceptors (Lipinski definition) is 5. The lowest BCUT2D eigenvalue weighted by atomic mass is 9.85. The van der Waals surface area contributed by atoms with Gasteiger partial charge in [-0.15, -0.1) is 0 Å². The highest BCUT2D eigenvalue weighted by atomic mass is 32.2. The minimum absolute atomic E-state index is 0.0632. The van der Waals surface area contributed by atoms with E-state index < -0.39 is 6.10 Å². The second-order valence-electron chi connectivity index (χ2n) is 4.86. The minimum atomic E-state index is -0.415. The number of aliphatic hydroxyl groups is 1. The molecule has 0 radical (unpaired) electrons. The highest BCUT2D eigenvalue weighted by Gasteiger charge is 2.47. The van der Waals surface area contributed by atoms with E-state index in [1.54, 1.807) is 11.8 Å². The summed E-state index contributed by atoms with van der Waals surface area (Å²) in [6.45, 7) is 6.23. The molecule has 0 spiro atoms. The van der Waals surface area contributed by atoms with Crippen LogP contribution in [0.25, 0.3) is 0 Å². The normalized spacial score (nSPS) is 43.1. The lowest BCUT2D eigenvalue weighted by Crippen LogP contribution is -2.51. The quantitative estimate of drug-likeness (QED) is 0.724. The number of aliphatic hydroxyl groups excluding tert-OH is 1. The predicted molar refractivity (Wildman–Crippen MR) is 66.5 cm³/mol. The van der Waals surface area contributed by atoms with Crippen LogP contribution < -0.4 is 5.32 Å². The Bertz CT molecular complexity index is 296. The van der Waals surface area contributed by atoms with Crippen LogP contribution in [0.2, 0.25) is 0 Å². The Morgan fingerprint density at radius 2 is 2.19 bits per heavy atom. The second kappa shape index (κ2) is 4.55. The largest absolute Gasteiger partial charge is 0.390 e. The van der Waals surface area contributed by atoms with Crippen LogP contribution in [-0.2, 0) is 4.74 Å². The average molecular weight is 244 g/mol. The Kier molecular flexibility index (Phi) is 3.47. The van der Waals surface area contributed by atoms with Gasteiger partial charge in [0.05, 0.1) is 18.2 Å². The third-order valence-electron chi connectivity index (χ3n) is 3.35. The first-order chi connectivity index (χ1) is 7.54. The van der Waals surface area contributed by atoms with Gasteiger partial charge < -0.3 is 15.2 Å². The molecule has 1 saturated heterocycles. The first kappa shape index (κ1) is 12.2. The van der Waals surface area contributed by atoms with E-state index in [1.165, 1.54) is 0 Å². The van der Waals surface area contributed by atoms with Crippen LogP contribution in [0.4, 0.5) is 0 Å². The van der Waals surface area contributed by atoms with Gasteiger partial charge in [0.1, 0.15) is 5.44 Å². The Balaban J connectivity index is 2.14. The summed E-state index contributed by atoms with van der Waals surface area (Å²) < 4.78 is 5.94. The molecule has 2 N–H and O–H groups in total. The van der Waals surface area contributed by atoms with Crippen molar-refractivity contribution in [3.63, 3.8) is 0 Å². The molecule has 0 saturated carbocycles. The third-order valence-corrected chi connectivity index (χ3v) is 4.50. The number of fused-ring (bicyclic) bond motifs is 1. The lowest BCUT2D eigenvalue weighted by Gasteiger charge is -2.41. The number of nitrogens with one attached hydrogen (secondary N) is 1. The third kappa shape index (κ3) is 1.96. The Morgan fingerprint density at radius 1 is 1.50 bits per heavy atom. The molecule has 2 aliphatic rings. The van der Waals surface area contributed by atoms with Crippen molar-refractivity contribution >= 4 is 16.9 Å². The summed E-state index contributed by atoms with van der Waals surface area (Å²) in [5.41, 5.74) is 0.0632. The molecular weight excluding hydrogens is 224 g/mol. The molecule has 0 bridgehead atoms. The van der Waals surface area contributed by atoms with Crippen molar-refractivity contribution in [3.05, 3.63) is 0 Å². The Hall–Kier alpha value is -0.260. The maximum Gasteiger partial charge on any atom is 0.159 e. The number of rotatable bonds is 1. The van der Waals surface area contributed by atoms with Gasteiger partial charge >= 0.3 is 0 Å². The zero-order chi connectivity index (χ0) is 11.9. The molecule has 16 heavy (non-hydrogen) atoms. The summed E-state index contributed by atoms with van der Waals surface area (Å²) in [6.07, 6.45) is -0.489. The zero-order valence-corrected chi connectivity index (χ0v) is 11.0. The molecule has 2 heterocycles. The van der Waals surface area contributed by atoms with Crippen LogP contribution in [0, 0.1) is 11.8 Å². The van der Waals surface area contributed by atoms with Gasteiger partial charge in [0.2, 0.25) is 0 Å². The van der Waals surface area contributed by atoms with E-state index in [0.717, 1.165) is 5.17 Å². The van der Waals surface area contributed by atoms with Crippen LogP contribution >= 0.6 is 11.8 Å². The first-order valence-corrected chi connectivity index (χ1v) is 6.68.